The van der Waals surface area contributed by atoms with Gasteiger partial charge >= 0.3 is 0 Å². The van der Waals surface area contributed by atoms with E-state index in [0.717, 1.165) is 25.4 Å². The van der Waals surface area contributed by atoms with Crippen molar-refractivity contribution in [1.29, 1.82) is 0 Å². The molecule has 0 radical (unpaired) electrons. The average molecular weight is 294 g/mol. The summed E-state index contributed by atoms with van der Waals surface area (Å²) in [6.07, 6.45) is 3.35. The van der Waals surface area contributed by atoms with Crippen molar-refractivity contribution in [2.24, 2.45) is 0 Å². The fourth-order valence-electron chi connectivity index (χ4n) is 2.94. The molecule has 1 amide bonds. The van der Waals surface area contributed by atoms with E-state index in [4.69, 9.17) is 10.5 Å². The molecule has 0 bridgehead atoms. The van der Waals surface area contributed by atoms with Crippen molar-refractivity contribution in [3.8, 4) is 0 Å². The zero-order valence-corrected chi connectivity index (χ0v) is 11.7. The van der Waals surface area contributed by atoms with Crippen molar-refractivity contribution in [3.63, 3.8) is 0 Å². The fourth-order valence-corrected chi connectivity index (χ4v) is 2.94. The summed E-state index contributed by atoms with van der Waals surface area (Å²) in [5.41, 5.74) is 5.65. The van der Waals surface area contributed by atoms with Gasteiger partial charge in [0.25, 0.3) is 5.91 Å². The lowest BCUT2D eigenvalue weighted by Crippen LogP contribution is -2.50. The maximum absolute atomic E-state index is 13.1. The minimum atomic E-state index is -0.580. The molecule has 6 nitrogen and oxygen atoms in total. The predicted molar refractivity (Wildman–Crippen MR) is 75.3 cm³/mol. The molecule has 3 rings (SSSR count). The highest BCUT2D eigenvalue weighted by Crippen LogP contribution is 2.22. The lowest BCUT2D eigenvalue weighted by atomic mass is 10.2. The van der Waals surface area contributed by atoms with Gasteiger partial charge in [-0.15, -0.1) is 0 Å². The number of fused-ring (bicyclic) bond motifs is 1. The number of carbonyl (C=O) groups excluding carboxylic acids is 1. The van der Waals surface area contributed by atoms with Gasteiger partial charge in [0.2, 0.25) is 0 Å². The van der Waals surface area contributed by atoms with Gasteiger partial charge in [0, 0.05) is 19.1 Å². The minimum Gasteiger partial charge on any atom is -0.383 e. The van der Waals surface area contributed by atoms with Crippen molar-refractivity contribution in [2.75, 3.05) is 32.0 Å². The van der Waals surface area contributed by atoms with Crippen LogP contribution in [-0.4, -0.2) is 54.2 Å². The Bertz CT molecular complexity index is 540. The number of aromatic nitrogens is 1. The van der Waals surface area contributed by atoms with Crippen LogP contribution in [0.5, 0.6) is 0 Å². The van der Waals surface area contributed by atoms with Gasteiger partial charge in [0.15, 0.2) is 0 Å². The van der Waals surface area contributed by atoms with E-state index in [0.29, 0.717) is 19.2 Å². The van der Waals surface area contributed by atoms with Crippen LogP contribution in [0.4, 0.5) is 10.2 Å². The number of hydrogen-bond donors (Lipinski definition) is 2. The molecule has 2 saturated heterocycles. The lowest BCUT2D eigenvalue weighted by molar-refractivity contribution is -0.0461. The molecule has 0 aromatic carbocycles. The quantitative estimate of drug-likeness (QED) is 0.843. The maximum Gasteiger partial charge on any atom is 0.255 e. The third kappa shape index (κ3) is 3.14. The standard InChI is InChI=1S/C14H19FN4O2/c15-9-4-12(13(16)17-5-9)14(20)18-6-11-7-19-3-1-2-10(19)8-21-11/h4-5,10-11H,1-3,6-8H2,(H2,16,17)(H,18,20). The second-order valence-corrected chi connectivity index (χ2v) is 5.54. The van der Waals surface area contributed by atoms with Crippen LogP contribution in [0.3, 0.4) is 0 Å². The molecule has 2 aliphatic rings. The molecule has 0 aliphatic carbocycles. The van der Waals surface area contributed by atoms with E-state index in [1.165, 1.54) is 12.8 Å². The molecule has 3 N–H and O–H groups in total. The molecule has 2 atom stereocenters. The van der Waals surface area contributed by atoms with Crippen LogP contribution < -0.4 is 11.1 Å². The third-order valence-corrected chi connectivity index (χ3v) is 4.08. The molecule has 1 aromatic heterocycles. The molecule has 0 spiro atoms. The van der Waals surface area contributed by atoms with E-state index in [-0.39, 0.29) is 17.5 Å². The van der Waals surface area contributed by atoms with Crippen LogP contribution in [0, 0.1) is 5.82 Å². The molecule has 114 valence electrons. The Balaban J connectivity index is 1.55. The van der Waals surface area contributed by atoms with Crippen LogP contribution in [0.2, 0.25) is 0 Å². The minimum absolute atomic E-state index is 0.0260. The first-order valence-electron chi connectivity index (χ1n) is 7.18. The van der Waals surface area contributed by atoms with Gasteiger partial charge in [-0.25, -0.2) is 9.37 Å². The molecule has 7 heteroatoms. The number of nitrogens with zero attached hydrogens (tertiary/aromatic N) is 2. The van der Waals surface area contributed by atoms with Gasteiger partial charge in [0.05, 0.1) is 24.5 Å². The number of nitrogen functional groups attached to an aromatic ring is 1. The number of nitrogens with two attached hydrogens (primary N) is 1. The number of amides is 1. The van der Waals surface area contributed by atoms with E-state index in [2.05, 4.69) is 15.2 Å². The molecule has 1 aromatic rings. The summed E-state index contributed by atoms with van der Waals surface area (Å²) in [6.45, 7) is 3.02. The first-order chi connectivity index (χ1) is 10.1. The number of pyridine rings is 1. The van der Waals surface area contributed by atoms with E-state index in [1.807, 2.05) is 0 Å². The van der Waals surface area contributed by atoms with Crippen molar-refractivity contribution in [1.82, 2.24) is 15.2 Å². The molecular weight excluding hydrogens is 275 g/mol. The maximum atomic E-state index is 13.1. The summed E-state index contributed by atoms with van der Waals surface area (Å²) in [4.78, 5) is 18.1. The number of nitrogens with one attached hydrogen (secondary N) is 1. The van der Waals surface area contributed by atoms with Crippen LogP contribution in [0.15, 0.2) is 12.3 Å². The molecule has 2 fully saturated rings. The number of ether oxygens (including phenoxy) is 1. The summed E-state index contributed by atoms with van der Waals surface area (Å²) >= 11 is 0. The molecular formula is C14H19FN4O2. The Kier molecular flexibility index (Phi) is 4.03. The van der Waals surface area contributed by atoms with Crippen LogP contribution in [-0.2, 0) is 4.74 Å². The lowest BCUT2D eigenvalue weighted by Gasteiger charge is -2.35. The van der Waals surface area contributed by atoms with E-state index in [1.54, 1.807) is 0 Å². The summed E-state index contributed by atoms with van der Waals surface area (Å²) < 4.78 is 18.9. The van der Waals surface area contributed by atoms with Crippen LogP contribution in [0.1, 0.15) is 23.2 Å². The van der Waals surface area contributed by atoms with Crippen molar-refractivity contribution in [2.45, 2.75) is 25.0 Å². The molecule has 21 heavy (non-hydrogen) atoms. The molecule has 2 unspecified atom stereocenters. The SMILES string of the molecule is Nc1ncc(F)cc1C(=O)NCC1CN2CCCC2CO1. The van der Waals surface area contributed by atoms with Crippen molar-refractivity contribution in [3.05, 3.63) is 23.6 Å². The van der Waals surface area contributed by atoms with E-state index < -0.39 is 11.7 Å². The number of halogens is 1. The zero-order valence-electron chi connectivity index (χ0n) is 11.7. The van der Waals surface area contributed by atoms with Gasteiger partial charge in [0.1, 0.15) is 11.6 Å². The average Bonchev–Trinajstić information content (AvgIpc) is 2.94. The molecule has 3 heterocycles. The van der Waals surface area contributed by atoms with Gasteiger partial charge in [-0.2, -0.15) is 0 Å². The largest absolute Gasteiger partial charge is 0.383 e. The topological polar surface area (TPSA) is 80.5 Å². The van der Waals surface area contributed by atoms with Crippen LogP contribution >= 0.6 is 0 Å². The van der Waals surface area contributed by atoms with Crippen molar-refractivity contribution >= 4 is 11.7 Å². The van der Waals surface area contributed by atoms with Crippen molar-refractivity contribution < 1.29 is 13.9 Å². The number of morpholine rings is 1. The second kappa shape index (κ2) is 5.95. The second-order valence-electron chi connectivity index (χ2n) is 5.54. The number of rotatable bonds is 3. The first kappa shape index (κ1) is 14.2. The molecule has 2 aliphatic heterocycles. The Morgan fingerprint density at radius 2 is 2.48 bits per heavy atom. The number of hydrogen-bond acceptors (Lipinski definition) is 5. The smallest absolute Gasteiger partial charge is 0.255 e. The third-order valence-electron chi connectivity index (χ3n) is 4.08. The van der Waals surface area contributed by atoms with E-state index in [9.17, 15) is 9.18 Å². The summed E-state index contributed by atoms with van der Waals surface area (Å²) in [6, 6.07) is 1.62. The van der Waals surface area contributed by atoms with E-state index >= 15 is 0 Å². The number of carbonyl (C=O) groups is 1. The predicted octanol–water partition coefficient (Wildman–Crippen LogP) is 0.396. The first-order valence-corrected chi connectivity index (χ1v) is 7.18. The van der Waals surface area contributed by atoms with Crippen LogP contribution in [0.25, 0.3) is 0 Å². The summed E-state index contributed by atoms with van der Waals surface area (Å²) in [5, 5.41) is 2.74. The summed E-state index contributed by atoms with van der Waals surface area (Å²) in [7, 11) is 0. The Hall–Kier alpha value is -1.73. The monoisotopic (exact) mass is 294 g/mol. The highest BCUT2D eigenvalue weighted by molar-refractivity contribution is 5.98. The van der Waals surface area contributed by atoms with Gasteiger partial charge in [-0.3, -0.25) is 9.69 Å². The van der Waals surface area contributed by atoms with Gasteiger partial charge in [-0.05, 0) is 25.5 Å². The zero-order chi connectivity index (χ0) is 14.8. The summed E-state index contributed by atoms with van der Waals surface area (Å²) in [5.74, 6) is -0.979. The fraction of sp³-hybridized carbons (Fsp3) is 0.571. The molecule has 0 saturated carbocycles. The Labute approximate surface area is 122 Å². The van der Waals surface area contributed by atoms with Gasteiger partial charge in [-0.1, -0.05) is 0 Å². The van der Waals surface area contributed by atoms with Gasteiger partial charge < -0.3 is 15.8 Å². The Morgan fingerprint density at radius 3 is 3.33 bits per heavy atom. The normalized spacial score (nSPS) is 25.6. The number of anilines is 1. The Morgan fingerprint density at radius 1 is 1.62 bits per heavy atom. The highest BCUT2D eigenvalue weighted by atomic mass is 19.1. The highest BCUT2D eigenvalue weighted by Gasteiger charge is 2.32.